The van der Waals surface area contributed by atoms with E-state index in [1.807, 2.05) is 59.4 Å². The second kappa shape index (κ2) is 10.7. The Morgan fingerprint density at radius 3 is 2.41 bits per heavy atom. The van der Waals surface area contributed by atoms with E-state index < -0.39 is 0 Å². The molecule has 0 aliphatic heterocycles. The molecule has 0 aliphatic rings. The predicted octanol–water partition coefficient (Wildman–Crippen LogP) is 4.85. The molecule has 37 heavy (non-hydrogen) atoms. The Morgan fingerprint density at radius 1 is 0.811 bits per heavy atom. The van der Waals surface area contributed by atoms with Crippen LogP contribution >= 0.6 is 0 Å². The van der Waals surface area contributed by atoms with Gasteiger partial charge >= 0.3 is 0 Å². The molecule has 1 amide bonds. The molecule has 0 unspecified atom stereocenters. The van der Waals surface area contributed by atoms with Crippen molar-refractivity contribution in [3.8, 4) is 39.6 Å². The third-order valence-electron chi connectivity index (χ3n) is 5.77. The average molecular weight is 492 g/mol. The Kier molecular flexibility index (Phi) is 6.80. The van der Waals surface area contributed by atoms with Crippen LogP contribution in [0.25, 0.3) is 28.1 Å². The van der Waals surface area contributed by atoms with Gasteiger partial charge in [-0.15, -0.1) is 0 Å². The minimum Gasteiger partial charge on any atom is -0.508 e. The van der Waals surface area contributed by atoms with Crippen LogP contribution in [0.2, 0.25) is 0 Å². The van der Waals surface area contributed by atoms with E-state index in [0.717, 1.165) is 28.1 Å². The minimum atomic E-state index is -0.215. The minimum absolute atomic E-state index is 0.116. The number of benzene rings is 3. The van der Waals surface area contributed by atoms with Crippen LogP contribution in [-0.2, 0) is 0 Å². The second-order valence-electron chi connectivity index (χ2n) is 8.38. The van der Waals surface area contributed by atoms with Gasteiger partial charge in [-0.05, 0) is 66.2 Å². The van der Waals surface area contributed by atoms with Crippen molar-refractivity contribution in [1.29, 1.82) is 0 Å². The number of phenols is 2. The Bertz CT molecular complexity index is 1510. The van der Waals surface area contributed by atoms with Crippen LogP contribution in [0.5, 0.6) is 11.5 Å². The number of nitrogens with zero attached hydrogens (tertiary/aromatic N) is 3. The number of para-hydroxylation sites is 1. The molecule has 0 saturated carbocycles. The molecule has 8 nitrogen and oxygen atoms in total. The van der Waals surface area contributed by atoms with Gasteiger partial charge in [0, 0.05) is 42.2 Å². The summed E-state index contributed by atoms with van der Waals surface area (Å²) in [6, 6.07) is 26.8. The number of anilines is 1. The molecule has 0 fully saturated rings. The Hall–Kier alpha value is -5.11. The van der Waals surface area contributed by atoms with E-state index in [1.54, 1.807) is 36.5 Å². The summed E-state index contributed by atoms with van der Waals surface area (Å²) in [5.74, 6) is 0.730. The summed E-state index contributed by atoms with van der Waals surface area (Å²) >= 11 is 0. The molecule has 0 saturated heterocycles. The topological polar surface area (TPSA) is 112 Å². The molecule has 184 valence electrons. The van der Waals surface area contributed by atoms with Gasteiger partial charge < -0.3 is 20.8 Å². The van der Waals surface area contributed by atoms with Gasteiger partial charge in [-0.1, -0.05) is 30.3 Å². The lowest BCUT2D eigenvalue weighted by Crippen LogP contribution is -2.28. The molecule has 0 bridgehead atoms. The monoisotopic (exact) mass is 491 g/mol. The molecule has 3 aromatic carbocycles. The van der Waals surface area contributed by atoms with Gasteiger partial charge in [-0.3, -0.25) is 4.79 Å². The highest BCUT2D eigenvalue weighted by molar-refractivity contribution is 5.94. The number of aromatic hydroxyl groups is 2. The molecule has 8 heteroatoms. The van der Waals surface area contributed by atoms with Gasteiger partial charge in [0.05, 0.1) is 5.69 Å². The zero-order chi connectivity index (χ0) is 25.6. The molecular weight excluding hydrogens is 466 g/mol. The third-order valence-corrected chi connectivity index (χ3v) is 5.77. The van der Waals surface area contributed by atoms with Crippen LogP contribution in [0, 0.1) is 0 Å². The van der Waals surface area contributed by atoms with E-state index >= 15 is 0 Å². The number of hydrogen-bond donors (Lipinski definition) is 4. The summed E-state index contributed by atoms with van der Waals surface area (Å²) in [7, 11) is 0. The molecule has 0 aliphatic carbocycles. The highest BCUT2D eigenvalue weighted by Gasteiger charge is 2.15. The quantitative estimate of drug-likeness (QED) is 0.231. The van der Waals surface area contributed by atoms with Crippen molar-refractivity contribution in [1.82, 2.24) is 20.1 Å². The molecule has 0 radical (unpaired) electrons. The number of aromatic nitrogens is 3. The first-order valence-corrected chi connectivity index (χ1v) is 11.8. The smallest absolute Gasteiger partial charge is 0.251 e. The summed E-state index contributed by atoms with van der Waals surface area (Å²) in [6.45, 7) is 0.870. The van der Waals surface area contributed by atoms with Gasteiger partial charge in [-0.25, -0.2) is 9.67 Å². The summed E-state index contributed by atoms with van der Waals surface area (Å²) < 4.78 is 1.82. The first kappa shape index (κ1) is 23.6. The lowest BCUT2D eigenvalue weighted by molar-refractivity contribution is 0.0955. The zero-order valence-electron chi connectivity index (χ0n) is 19.9. The first-order valence-electron chi connectivity index (χ1n) is 11.8. The number of hydrogen-bond acceptors (Lipinski definition) is 6. The number of carbonyl (C=O) groups is 1. The van der Waals surface area contributed by atoms with E-state index in [9.17, 15) is 15.0 Å². The number of amides is 1. The second-order valence-corrected chi connectivity index (χ2v) is 8.38. The van der Waals surface area contributed by atoms with Crippen molar-refractivity contribution >= 4 is 11.7 Å². The lowest BCUT2D eigenvalue weighted by Gasteiger charge is -2.09. The first-order chi connectivity index (χ1) is 18.1. The molecule has 4 N–H and O–H groups in total. The summed E-state index contributed by atoms with van der Waals surface area (Å²) in [5.41, 5.74) is 4.73. The number of carbonyl (C=O) groups excluding carboxylic acids is 1. The maximum absolute atomic E-state index is 12.3. The van der Waals surface area contributed by atoms with Crippen molar-refractivity contribution < 1.29 is 15.0 Å². The van der Waals surface area contributed by atoms with E-state index in [1.165, 1.54) is 12.1 Å². The SMILES string of the molecule is O=C(NCCNc1cc(-c2cn(-c3ccccc3)nc2-c2cccc(O)c2)ccn1)c1ccc(O)cc1. The van der Waals surface area contributed by atoms with Gasteiger partial charge in [0.25, 0.3) is 5.91 Å². The van der Waals surface area contributed by atoms with Gasteiger partial charge in [0.15, 0.2) is 0 Å². The fourth-order valence-corrected chi connectivity index (χ4v) is 3.94. The predicted molar refractivity (Wildman–Crippen MR) is 143 cm³/mol. The maximum atomic E-state index is 12.3. The van der Waals surface area contributed by atoms with Crippen molar-refractivity contribution in [2.24, 2.45) is 0 Å². The Balaban J connectivity index is 1.34. The summed E-state index contributed by atoms with van der Waals surface area (Å²) in [6.07, 6.45) is 3.69. The Labute approximate surface area is 213 Å². The van der Waals surface area contributed by atoms with Crippen LogP contribution in [0.4, 0.5) is 5.82 Å². The highest BCUT2D eigenvalue weighted by atomic mass is 16.3. The maximum Gasteiger partial charge on any atom is 0.251 e. The number of nitrogens with one attached hydrogen (secondary N) is 2. The highest BCUT2D eigenvalue weighted by Crippen LogP contribution is 2.34. The van der Waals surface area contributed by atoms with E-state index in [4.69, 9.17) is 5.10 Å². The zero-order valence-corrected chi connectivity index (χ0v) is 19.9. The largest absolute Gasteiger partial charge is 0.508 e. The van der Waals surface area contributed by atoms with Crippen LogP contribution < -0.4 is 10.6 Å². The lowest BCUT2D eigenvalue weighted by atomic mass is 10.0. The molecule has 2 heterocycles. The third kappa shape index (κ3) is 5.59. The standard InChI is InChI=1S/C29H25N5O3/c35-24-11-9-20(10-12-24)29(37)32-16-15-31-27-18-21(13-14-30-27)26-19-34(23-6-2-1-3-7-23)33-28(26)22-5-4-8-25(36)17-22/h1-14,17-19,35-36H,15-16H2,(H,30,31)(H,32,37). The van der Waals surface area contributed by atoms with Gasteiger partial charge in [0.1, 0.15) is 23.0 Å². The normalized spacial score (nSPS) is 10.7. The van der Waals surface area contributed by atoms with Crippen LogP contribution in [0.3, 0.4) is 0 Å². The summed E-state index contributed by atoms with van der Waals surface area (Å²) in [5, 5.41) is 30.3. The molecule has 5 rings (SSSR count). The van der Waals surface area contributed by atoms with Crippen LogP contribution in [-0.4, -0.2) is 44.0 Å². The molecule has 0 atom stereocenters. The van der Waals surface area contributed by atoms with Crippen molar-refractivity contribution in [2.45, 2.75) is 0 Å². The fourth-order valence-electron chi connectivity index (χ4n) is 3.94. The van der Waals surface area contributed by atoms with E-state index in [0.29, 0.717) is 24.5 Å². The van der Waals surface area contributed by atoms with Crippen LogP contribution in [0.15, 0.2) is 103 Å². The summed E-state index contributed by atoms with van der Waals surface area (Å²) in [4.78, 5) is 16.7. The molecule has 0 spiro atoms. The number of rotatable bonds is 8. The molecular formula is C29H25N5O3. The Morgan fingerprint density at radius 2 is 1.62 bits per heavy atom. The van der Waals surface area contributed by atoms with Crippen LogP contribution in [0.1, 0.15) is 10.4 Å². The van der Waals surface area contributed by atoms with Crippen molar-refractivity contribution in [3.05, 3.63) is 109 Å². The van der Waals surface area contributed by atoms with Gasteiger partial charge in [0.2, 0.25) is 0 Å². The molecule has 5 aromatic rings. The average Bonchev–Trinajstić information content (AvgIpc) is 3.38. The fraction of sp³-hybridized carbons (Fsp3) is 0.0690. The number of pyridine rings is 1. The van der Waals surface area contributed by atoms with Gasteiger partial charge in [-0.2, -0.15) is 5.10 Å². The van der Waals surface area contributed by atoms with E-state index in [-0.39, 0.29) is 17.4 Å². The van der Waals surface area contributed by atoms with E-state index in [2.05, 4.69) is 15.6 Å². The van der Waals surface area contributed by atoms with Crippen molar-refractivity contribution in [2.75, 3.05) is 18.4 Å². The number of phenolic OH excluding ortho intramolecular Hbond substituents is 2. The molecule has 2 aromatic heterocycles. The van der Waals surface area contributed by atoms with Crippen molar-refractivity contribution in [3.63, 3.8) is 0 Å².